The third-order valence-corrected chi connectivity index (χ3v) is 2.07. The molecular formula is C8H6N4O5. The molecule has 0 unspecified atom stereocenters. The Morgan fingerprint density at radius 2 is 2.24 bits per heavy atom. The number of amides is 3. The van der Waals surface area contributed by atoms with Gasteiger partial charge in [0.25, 0.3) is 5.91 Å². The van der Waals surface area contributed by atoms with Gasteiger partial charge >= 0.3 is 11.7 Å². The summed E-state index contributed by atoms with van der Waals surface area (Å²) in [4.78, 5) is 32.2. The van der Waals surface area contributed by atoms with Crippen molar-refractivity contribution in [3.63, 3.8) is 0 Å². The number of nitrogens with one attached hydrogen (secondary N) is 1. The van der Waals surface area contributed by atoms with E-state index in [2.05, 4.69) is 0 Å². The maximum Gasteiger partial charge on any atom is 0.343 e. The Hall–Kier alpha value is -2.68. The molecule has 17 heavy (non-hydrogen) atoms. The lowest BCUT2D eigenvalue weighted by molar-refractivity contribution is -0.385. The van der Waals surface area contributed by atoms with E-state index in [-0.39, 0.29) is 17.1 Å². The Labute approximate surface area is 93.6 Å². The molecule has 2 heterocycles. The smallest absolute Gasteiger partial charge is 0.343 e. The lowest BCUT2D eigenvalue weighted by Gasteiger charge is -2.04. The molecule has 88 valence electrons. The Bertz CT molecular complexity index is 546. The zero-order chi connectivity index (χ0) is 12.6. The molecule has 1 aliphatic heterocycles. The molecule has 2 rings (SSSR count). The Kier molecular flexibility index (Phi) is 2.37. The molecule has 0 atom stereocenters. The van der Waals surface area contributed by atoms with Crippen molar-refractivity contribution < 1.29 is 18.9 Å². The first-order valence-corrected chi connectivity index (χ1v) is 4.34. The summed E-state index contributed by atoms with van der Waals surface area (Å²) >= 11 is 0. The molecule has 1 aromatic rings. The number of hydrazine groups is 1. The van der Waals surface area contributed by atoms with Crippen molar-refractivity contribution in [2.45, 2.75) is 0 Å². The first-order valence-electron chi connectivity index (χ1n) is 4.34. The zero-order valence-electron chi connectivity index (χ0n) is 8.25. The number of carbonyl (C=O) groups is 2. The second-order valence-electron chi connectivity index (χ2n) is 3.09. The highest BCUT2D eigenvalue weighted by Gasteiger charge is 2.32. The van der Waals surface area contributed by atoms with Gasteiger partial charge in [0.2, 0.25) is 5.76 Å². The predicted molar refractivity (Wildman–Crippen MR) is 52.9 cm³/mol. The molecule has 9 nitrogen and oxygen atoms in total. The van der Waals surface area contributed by atoms with Crippen molar-refractivity contribution in [2.75, 3.05) is 0 Å². The standard InChI is InChI=1S/C8H6N4O5/c9-11-5(7(13)10-8(11)14)3-6-4(12(15)16)1-2-17-6/h1-3H,9H2,(H,10,13,14)/b5-3+. The highest BCUT2D eigenvalue weighted by Crippen LogP contribution is 2.23. The van der Waals surface area contributed by atoms with Gasteiger partial charge in [-0.1, -0.05) is 0 Å². The lowest BCUT2D eigenvalue weighted by atomic mass is 10.3. The Morgan fingerprint density at radius 3 is 2.76 bits per heavy atom. The number of hydrogen-bond acceptors (Lipinski definition) is 6. The second kappa shape index (κ2) is 3.72. The van der Waals surface area contributed by atoms with Gasteiger partial charge in [0.05, 0.1) is 17.3 Å². The summed E-state index contributed by atoms with van der Waals surface area (Å²) in [6.45, 7) is 0. The fraction of sp³-hybridized carbons (Fsp3) is 0. The van der Waals surface area contributed by atoms with Crippen LogP contribution in [0.5, 0.6) is 0 Å². The van der Waals surface area contributed by atoms with Gasteiger partial charge in [-0.2, -0.15) is 0 Å². The van der Waals surface area contributed by atoms with E-state index in [0.717, 1.165) is 18.4 Å². The molecule has 0 saturated carbocycles. The van der Waals surface area contributed by atoms with Crippen molar-refractivity contribution in [3.8, 4) is 0 Å². The number of nitrogens with zero attached hydrogens (tertiary/aromatic N) is 2. The molecule has 1 aliphatic rings. The Morgan fingerprint density at radius 1 is 1.53 bits per heavy atom. The first-order chi connectivity index (χ1) is 8.00. The molecule has 3 amide bonds. The minimum atomic E-state index is -0.810. The first kappa shape index (κ1) is 10.8. The average Bonchev–Trinajstić information content (AvgIpc) is 2.80. The van der Waals surface area contributed by atoms with Gasteiger partial charge in [0.1, 0.15) is 5.70 Å². The number of rotatable bonds is 2. The van der Waals surface area contributed by atoms with Crippen LogP contribution in [0.1, 0.15) is 5.76 Å². The van der Waals surface area contributed by atoms with Crippen LogP contribution in [-0.4, -0.2) is 21.9 Å². The molecule has 0 aliphatic carbocycles. The van der Waals surface area contributed by atoms with Crippen LogP contribution in [0.3, 0.4) is 0 Å². The molecule has 1 fully saturated rings. The van der Waals surface area contributed by atoms with Gasteiger partial charge in [-0.25, -0.2) is 15.6 Å². The SMILES string of the molecule is NN1C(=O)NC(=O)/C1=C\c1occc1[N+](=O)[O-]. The quantitative estimate of drug-likeness (QED) is 0.185. The third kappa shape index (κ3) is 1.74. The summed E-state index contributed by atoms with van der Waals surface area (Å²) in [6.07, 6.45) is 2.12. The summed E-state index contributed by atoms with van der Waals surface area (Å²) in [6, 6.07) is 0.317. The summed E-state index contributed by atoms with van der Waals surface area (Å²) < 4.78 is 4.83. The Balaban J connectivity index is 2.43. The molecule has 9 heteroatoms. The van der Waals surface area contributed by atoms with Crippen LogP contribution in [-0.2, 0) is 4.79 Å². The van der Waals surface area contributed by atoms with Crippen LogP contribution in [0.25, 0.3) is 6.08 Å². The molecule has 0 radical (unpaired) electrons. The van der Waals surface area contributed by atoms with E-state index >= 15 is 0 Å². The van der Waals surface area contributed by atoms with Crippen molar-refractivity contribution in [1.29, 1.82) is 0 Å². The topological polar surface area (TPSA) is 132 Å². The van der Waals surface area contributed by atoms with Gasteiger partial charge in [-0.05, 0) is 0 Å². The van der Waals surface area contributed by atoms with Crippen molar-refractivity contribution in [1.82, 2.24) is 10.3 Å². The maximum absolute atomic E-state index is 11.3. The van der Waals surface area contributed by atoms with Gasteiger partial charge < -0.3 is 4.42 Å². The molecular weight excluding hydrogens is 232 g/mol. The van der Waals surface area contributed by atoms with Crippen LogP contribution < -0.4 is 11.2 Å². The predicted octanol–water partition coefficient (Wildman–Crippen LogP) is -0.0458. The van der Waals surface area contributed by atoms with E-state index in [0.29, 0.717) is 5.01 Å². The van der Waals surface area contributed by atoms with E-state index in [9.17, 15) is 19.7 Å². The number of carbonyl (C=O) groups excluding carboxylic acids is 2. The number of imide groups is 1. The summed E-state index contributed by atoms with van der Waals surface area (Å²) in [7, 11) is 0. The largest absolute Gasteiger partial charge is 0.457 e. The van der Waals surface area contributed by atoms with Gasteiger partial charge in [0, 0.05) is 6.08 Å². The monoisotopic (exact) mass is 238 g/mol. The third-order valence-electron chi connectivity index (χ3n) is 2.07. The van der Waals surface area contributed by atoms with Crippen LogP contribution in [0.15, 0.2) is 22.4 Å². The van der Waals surface area contributed by atoms with E-state index in [1.54, 1.807) is 0 Å². The summed E-state index contributed by atoms with van der Waals surface area (Å²) in [5.74, 6) is 4.37. The molecule has 0 bridgehead atoms. The van der Waals surface area contributed by atoms with E-state index in [4.69, 9.17) is 10.3 Å². The summed E-state index contributed by atoms with van der Waals surface area (Å²) in [5.41, 5.74) is -0.550. The normalized spacial score (nSPS) is 17.7. The molecule has 0 aromatic carbocycles. The minimum Gasteiger partial charge on any atom is -0.457 e. The molecule has 1 aromatic heterocycles. The lowest BCUT2D eigenvalue weighted by Crippen LogP contribution is -2.33. The van der Waals surface area contributed by atoms with E-state index < -0.39 is 16.9 Å². The average molecular weight is 238 g/mol. The van der Waals surface area contributed by atoms with Crippen molar-refractivity contribution in [2.24, 2.45) is 5.84 Å². The second-order valence-corrected chi connectivity index (χ2v) is 3.09. The minimum absolute atomic E-state index is 0.162. The van der Waals surface area contributed by atoms with Crippen LogP contribution in [0, 0.1) is 10.1 Å². The highest BCUT2D eigenvalue weighted by atomic mass is 16.6. The number of urea groups is 1. The number of hydrogen-bond donors (Lipinski definition) is 2. The fourth-order valence-corrected chi connectivity index (χ4v) is 1.27. The van der Waals surface area contributed by atoms with Crippen molar-refractivity contribution >= 4 is 23.7 Å². The fourth-order valence-electron chi connectivity index (χ4n) is 1.27. The van der Waals surface area contributed by atoms with Gasteiger partial charge in [-0.15, -0.1) is 0 Å². The number of nitro groups is 1. The van der Waals surface area contributed by atoms with E-state index in [1.807, 2.05) is 5.32 Å². The van der Waals surface area contributed by atoms with Crippen molar-refractivity contribution in [3.05, 3.63) is 33.9 Å². The van der Waals surface area contributed by atoms with Crippen LogP contribution >= 0.6 is 0 Å². The number of furan rings is 1. The van der Waals surface area contributed by atoms with Gasteiger partial charge in [-0.3, -0.25) is 20.2 Å². The van der Waals surface area contributed by atoms with Crippen LogP contribution in [0.2, 0.25) is 0 Å². The molecule has 1 saturated heterocycles. The molecule has 0 spiro atoms. The summed E-state index contributed by atoms with van der Waals surface area (Å²) in [5, 5.41) is 13.1. The van der Waals surface area contributed by atoms with E-state index in [1.165, 1.54) is 0 Å². The highest BCUT2D eigenvalue weighted by molar-refractivity contribution is 6.13. The number of nitrogens with two attached hydrogens (primary N) is 1. The zero-order valence-corrected chi connectivity index (χ0v) is 8.25. The van der Waals surface area contributed by atoms with Crippen LogP contribution in [0.4, 0.5) is 10.5 Å². The molecule has 3 N–H and O–H groups in total. The van der Waals surface area contributed by atoms with Gasteiger partial charge in [0.15, 0.2) is 0 Å². The maximum atomic E-state index is 11.3.